The van der Waals surface area contributed by atoms with E-state index >= 15 is 0 Å². The van der Waals surface area contributed by atoms with Gasteiger partial charge in [0.2, 0.25) is 0 Å². The van der Waals surface area contributed by atoms with Crippen LogP contribution in [-0.4, -0.2) is 53.0 Å². The molecule has 2 aromatic heterocycles. The maximum Gasteiger partial charge on any atom is 0.151 e. The Labute approximate surface area is 142 Å². The van der Waals surface area contributed by atoms with Gasteiger partial charge in [-0.25, -0.2) is 0 Å². The highest BCUT2D eigenvalue weighted by atomic mass is 16.5. The molecule has 24 heavy (non-hydrogen) atoms. The molecule has 2 aromatic rings. The molecule has 0 unspecified atom stereocenters. The van der Waals surface area contributed by atoms with Crippen LogP contribution in [0, 0.1) is 6.92 Å². The Morgan fingerprint density at radius 1 is 1.21 bits per heavy atom. The van der Waals surface area contributed by atoms with Crippen LogP contribution < -0.4 is 4.90 Å². The minimum atomic E-state index is 0.576. The Hall–Kier alpha value is -1.95. The van der Waals surface area contributed by atoms with Crippen LogP contribution in [0.3, 0.4) is 0 Å². The first-order chi connectivity index (χ1) is 11.7. The molecule has 0 bridgehead atoms. The number of fused-ring (bicyclic) bond motifs is 1. The van der Waals surface area contributed by atoms with Gasteiger partial charge in [-0.15, -0.1) is 5.10 Å². The zero-order chi connectivity index (χ0) is 16.5. The Morgan fingerprint density at radius 3 is 2.83 bits per heavy atom. The van der Waals surface area contributed by atoms with E-state index in [1.807, 2.05) is 13.0 Å². The predicted octanol–water partition coefficient (Wildman–Crippen LogP) is 2.01. The average Bonchev–Trinajstić information content (AvgIpc) is 2.97. The van der Waals surface area contributed by atoms with Crippen molar-refractivity contribution in [2.24, 2.45) is 0 Å². The van der Waals surface area contributed by atoms with Crippen LogP contribution in [0.25, 0.3) is 0 Å². The van der Waals surface area contributed by atoms with Crippen molar-refractivity contribution >= 4 is 5.82 Å². The summed E-state index contributed by atoms with van der Waals surface area (Å²) in [7, 11) is 2.18. The van der Waals surface area contributed by atoms with Gasteiger partial charge < -0.3 is 9.42 Å². The van der Waals surface area contributed by atoms with Crippen molar-refractivity contribution in [3.63, 3.8) is 0 Å². The first-order valence-corrected chi connectivity index (χ1v) is 8.92. The number of rotatable bonds is 5. The summed E-state index contributed by atoms with van der Waals surface area (Å²) in [5.74, 6) is 2.02. The van der Waals surface area contributed by atoms with E-state index < -0.39 is 0 Å². The van der Waals surface area contributed by atoms with Gasteiger partial charge in [0.1, 0.15) is 5.76 Å². The molecule has 1 aliphatic carbocycles. The maximum absolute atomic E-state index is 5.28. The molecule has 6 nitrogen and oxygen atoms in total. The van der Waals surface area contributed by atoms with E-state index in [1.54, 1.807) is 0 Å². The molecular weight excluding hydrogens is 302 g/mol. The summed E-state index contributed by atoms with van der Waals surface area (Å²) in [5, 5.41) is 12.8. The topological polar surface area (TPSA) is 58.3 Å². The van der Waals surface area contributed by atoms with Crippen LogP contribution >= 0.6 is 0 Å². The third-order valence-electron chi connectivity index (χ3n) is 5.25. The lowest BCUT2D eigenvalue weighted by Crippen LogP contribution is -2.59. The Morgan fingerprint density at radius 2 is 2.04 bits per heavy atom. The SMILES string of the molecule is Cc1cc(CCN(C)C2CN(c3cc4c(nn3)CCCC4)C2)on1. The number of aryl methyl sites for hydroxylation is 3. The largest absolute Gasteiger partial charge is 0.361 e. The van der Waals surface area contributed by atoms with E-state index in [4.69, 9.17) is 4.52 Å². The summed E-state index contributed by atoms with van der Waals surface area (Å²) in [5.41, 5.74) is 3.57. The summed E-state index contributed by atoms with van der Waals surface area (Å²) >= 11 is 0. The highest BCUT2D eigenvalue weighted by Gasteiger charge is 2.31. The molecule has 4 rings (SSSR count). The average molecular weight is 327 g/mol. The maximum atomic E-state index is 5.28. The monoisotopic (exact) mass is 327 g/mol. The second-order valence-corrected chi connectivity index (χ2v) is 7.11. The van der Waals surface area contributed by atoms with Gasteiger partial charge in [-0.2, -0.15) is 5.10 Å². The van der Waals surface area contributed by atoms with Gasteiger partial charge in [-0.3, -0.25) is 4.90 Å². The lowest BCUT2D eigenvalue weighted by Gasteiger charge is -2.44. The standard InChI is InChI=1S/C18H25N5O/c1-13-9-16(24-21-13)7-8-22(2)15-11-23(12-15)18-10-14-5-3-4-6-17(14)19-20-18/h9-10,15H,3-8,11-12H2,1-2H3. The van der Waals surface area contributed by atoms with Gasteiger partial charge in [0.05, 0.1) is 11.4 Å². The van der Waals surface area contributed by atoms with Gasteiger partial charge in [0, 0.05) is 38.2 Å². The van der Waals surface area contributed by atoms with Gasteiger partial charge in [0.25, 0.3) is 0 Å². The molecule has 1 aliphatic heterocycles. The van der Waals surface area contributed by atoms with E-state index in [9.17, 15) is 0 Å². The Bertz CT molecular complexity index is 707. The Kier molecular flexibility index (Phi) is 4.22. The van der Waals surface area contributed by atoms with E-state index in [0.29, 0.717) is 6.04 Å². The molecule has 1 fully saturated rings. The molecule has 0 saturated carbocycles. The normalized spacial score (nSPS) is 17.9. The molecule has 0 N–H and O–H groups in total. The molecule has 6 heteroatoms. The van der Waals surface area contributed by atoms with Crippen molar-refractivity contribution in [1.29, 1.82) is 0 Å². The van der Waals surface area contributed by atoms with E-state index in [0.717, 1.165) is 56.2 Å². The zero-order valence-corrected chi connectivity index (χ0v) is 14.5. The minimum Gasteiger partial charge on any atom is -0.361 e. The summed E-state index contributed by atoms with van der Waals surface area (Å²) in [6.07, 6.45) is 5.69. The fraction of sp³-hybridized carbons (Fsp3) is 0.611. The second kappa shape index (κ2) is 6.51. The summed E-state index contributed by atoms with van der Waals surface area (Å²) in [6.45, 7) is 5.00. The van der Waals surface area contributed by atoms with Crippen molar-refractivity contribution in [1.82, 2.24) is 20.3 Å². The Balaban J connectivity index is 1.29. The van der Waals surface area contributed by atoms with Gasteiger partial charge >= 0.3 is 0 Å². The van der Waals surface area contributed by atoms with Crippen molar-refractivity contribution in [2.45, 2.75) is 45.1 Å². The van der Waals surface area contributed by atoms with Crippen LogP contribution in [0.15, 0.2) is 16.7 Å². The van der Waals surface area contributed by atoms with Crippen LogP contribution in [0.2, 0.25) is 0 Å². The molecule has 3 heterocycles. The number of hydrogen-bond acceptors (Lipinski definition) is 6. The van der Waals surface area contributed by atoms with Crippen molar-refractivity contribution < 1.29 is 4.52 Å². The highest BCUT2D eigenvalue weighted by molar-refractivity contribution is 5.45. The third-order valence-corrected chi connectivity index (χ3v) is 5.25. The number of likely N-dealkylation sites (N-methyl/N-ethyl adjacent to an activating group) is 1. The van der Waals surface area contributed by atoms with Crippen LogP contribution in [0.1, 0.15) is 35.6 Å². The zero-order valence-electron chi connectivity index (χ0n) is 14.5. The van der Waals surface area contributed by atoms with Crippen LogP contribution in [0.4, 0.5) is 5.82 Å². The number of nitrogens with zero attached hydrogens (tertiary/aromatic N) is 5. The highest BCUT2D eigenvalue weighted by Crippen LogP contribution is 2.26. The summed E-state index contributed by atoms with van der Waals surface area (Å²) < 4.78 is 5.28. The van der Waals surface area contributed by atoms with Crippen molar-refractivity contribution in [2.75, 3.05) is 31.6 Å². The molecule has 1 saturated heterocycles. The quantitative estimate of drug-likeness (QED) is 0.837. The second-order valence-electron chi connectivity index (χ2n) is 7.11. The summed E-state index contributed by atoms with van der Waals surface area (Å²) in [4.78, 5) is 4.74. The number of anilines is 1. The third kappa shape index (κ3) is 3.15. The fourth-order valence-electron chi connectivity index (χ4n) is 3.56. The number of aromatic nitrogens is 3. The van der Waals surface area contributed by atoms with Gasteiger partial charge in [-0.1, -0.05) is 5.16 Å². The molecular formula is C18H25N5O. The molecule has 0 aromatic carbocycles. The van der Waals surface area contributed by atoms with Crippen molar-refractivity contribution in [3.05, 3.63) is 34.8 Å². The lowest BCUT2D eigenvalue weighted by atomic mass is 9.96. The van der Waals surface area contributed by atoms with E-state index in [2.05, 4.69) is 38.3 Å². The van der Waals surface area contributed by atoms with Crippen molar-refractivity contribution in [3.8, 4) is 0 Å². The first kappa shape index (κ1) is 15.6. The van der Waals surface area contributed by atoms with Crippen LogP contribution in [-0.2, 0) is 19.3 Å². The predicted molar refractivity (Wildman–Crippen MR) is 92.2 cm³/mol. The summed E-state index contributed by atoms with van der Waals surface area (Å²) in [6, 6.07) is 4.85. The smallest absolute Gasteiger partial charge is 0.151 e. The molecule has 0 radical (unpaired) electrons. The van der Waals surface area contributed by atoms with E-state index in [1.165, 1.54) is 24.1 Å². The minimum absolute atomic E-state index is 0.576. The molecule has 0 amide bonds. The fourth-order valence-corrected chi connectivity index (χ4v) is 3.56. The first-order valence-electron chi connectivity index (χ1n) is 8.92. The number of hydrogen-bond donors (Lipinski definition) is 0. The van der Waals surface area contributed by atoms with Gasteiger partial charge in [0.15, 0.2) is 5.82 Å². The lowest BCUT2D eigenvalue weighted by molar-refractivity contribution is 0.201. The molecule has 0 spiro atoms. The molecule has 128 valence electrons. The molecule has 0 atom stereocenters. The van der Waals surface area contributed by atoms with E-state index in [-0.39, 0.29) is 0 Å². The molecule has 2 aliphatic rings. The van der Waals surface area contributed by atoms with Gasteiger partial charge in [-0.05, 0) is 51.3 Å². The van der Waals surface area contributed by atoms with Crippen LogP contribution in [0.5, 0.6) is 0 Å².